The van der Waals surface area contributed by atoms with Crippen LogP contribution in [0, 0.1) is 19.8 Å². The first kappa shape index (κ1) is 21.0. The van der Waals surface area contributed by atoms with E-state index in [2.05, 4.69) is 20.5 Å². The third kappa shape index (κ3) is 5.87. The molecule has 2 aromatic rings. The van der Waals surface area contributed by atoms with Crippen LogP contribution in [0.3, 0.4) is 0 Å². The molecule has 1 atom stereocenters. The van der Waals surface area contributed by atoms with Crippen LogP contribution >= 0.6 is 0 Å². The zero-order valence-corrected chi connectivity index (χ0v) is 17.4. The molecule has 0 bridgehead atoms. The second kappa shape index (κ2) is 9.65. The van der Waals surface area contributed by atoms with Crippen molar-refractivity contribution < 1.29 is 9.59 Å². The van der Waals surface area contributed by atoms with Gasteiger partial charge in [-0.2, -0.15) is 0 Å². The van der Waals surface area contributed by atoms with Crippen molar-refractivity contribution in [3.8, 4) is 0 Å². The van der Waals surface area contributed by atoms with Crippen molar-refractivity contribution >= 4 is 17.6 Å². The van der Waals surface area contributed by atoms with Gasteiger partial charge in [-0.1, -0.05) is 35.9 Å². The van der Waals surface area contributed by atoms with E-state index in [9.17, 15) is 9.59 Å². The zero-order valence-electron chi connectivity index (χ0n) is 17.4. The van der Waals surface area contributed by atoms with Gasteiger partial charge < -0.3 is 10.6 Å². The van der Waals surface area contributed by atoms with E-state index >= 15 is 0 Å². The third-order valence-corrected chi connectivity index (χ3v) is 5.58. The van der Waals surface area contributed by atoms with Crippen LogP contribution in [-0.2, 0) is 16.1 Å². The number of hydrogen-bond donors (Lipinski definition) is 2. The number of likely N-dealkylation sites (tertiary alicyclic amines) is 1. The molecule has 6 heteroatoms. The van der Waals surface area contributed by atoms with Crippen molar-refractivity contribution in [3.05, 3.63) is 59.3 Å². The third-order valence-electron chi connectivity index (χ3n) is 5.58. The number of pyridine rings is 1. The van der Waals surface area contributed by atoms with Crippen LogP contribution in [0.2, 0.25) is 0 Å². The SMILES string of the molecule is Cc1ccc(CNC(=O)C(C)N2CCC(C(=O)Nc3ccc(C)cn3)CC2)cc1. The van der Waals surface area contributed by atoms with E-state index < -0.39 is 0 Å². The maximum absolute atomic E-state index is 12.5. The minimum atomic E-state index is -0.205. The summed E-state index contributed by atoms with van der Waals surface area (Å²) in [6.07, 6.45) is 3.23. The molecule has 0 spiro atoms. The quantitative estimate of drug-likeness (QED) is 0.790. The molecule has 1 fully saturated rings. The fraction of sp³-hybridized carbons (Fsp3) is 0.435. The number of piperidine rings is 1. The molecule has 1 aliphatic rings. The number of rotatable bonds is 6. The largest absolute Gasteiger partial charge is 0.351 e. The Morgan fingerprint density at radius 2 is 1.72 bits per heavy atom. The van der Waals surface area contributed by atoms with Gasteiger partial charge in [0, 0.05) is 18.7 Å². The number of hydrogen-bond acceptors (Lipinski definition) is 4. The molecule has 0 radical (unpaired) electrons. The minimum absolute atomic E-state index is 0.0116. The number of anilines is 1. The first-order valence-electron chi connectivity index (χ1n) is 10.2. The van der Waals surface area contributed by atoms with E-state index in [1.807, 2.05) is 57.2 Å². The average molecular weight is 395 g/mol. The summed E-state index contributed by atoms with van der Waals surface area (Å²) < 4.78 is 0. The summed E-state index contributed by atoms with van der Waals surface area (Å²) in [5.74, 6) is 0.582. The van der Waals surface area contributed by atoms with Crippen molar-refractivity contribution in [2.24, 2.45) is 5.92 Å². The number of benzene rings is 1. The molecular weight excluding hydrogens is 364 g/mol. The van der Waals surface area contributed by atoms with E-state index in [1.54, 1.807) is 6.20 Å². The predicted molar refractivity (Wildman–Crippen MR) is 114 cm³/mol. The van der Waals surface area contributed by atoms with Gasteiger partial charge in [-0.05, 0) is 63.9 Å². The summed E-state index contributed by atoms with van der Waals surface area (Å²) in [5, 5.41) is 5.92. The summed E-state index contributed by atoms with van der Waals surface area (Å²) >= 11 is 0. The van der Waals surface area contributed by atoms with E-state index in [-0.39, 0.29) is 23.8 Å². The van der Waals surface area contributed by atoms with Gasteiger partial charge in [-0.3, -0.25) is 14.5 Å². The zero-order chi connectivity index (χ0) is 20.8. The second-order valence-corrected chi connectivity index (χ2v) is 7.90. The fourth-order valence-electron chi connectivity index (χ4n) is 3.53. The molecule has 2 heterocycles. The standard InChI is InChI=1S/C23H30N4O2/c1-16-4-7-19(8-5-16)15-25-22(28)18(3)27-12-10-20(11-13-27)23(29)26-21-9-6-17(2)14-24-21/h4-9,14,18,20H,10-13,15H2,1-3H3,(H,25,28)(H,24,26,29). The Morgan fingerprint density at radius 1 is 1.07 bits per heavy atom. The lowest BCUT2D eigenvalue weighted by molar-refractivity contribution is -0.127. The molecule has 154 valence electrons. The Labute approximate surface area is 172 Å². The van der Waals surface area contributed by atoms with Crippen LogP contribution < -0.4 is 10.6 Å². The molecule has 1 unspecified atom stereocenters. The van der Waals surface area contributed by atoms with Crippen molar-refractivity contribution in [2.75, 3.05) is 18.4 Å². The van der Waals surface area contributed by atoms with Crippen LogP contribution in [0.15, 0.2) is 42.6 Å². The van der Waals surface area contributed by atoms with E-state index in [0.717, 1.165) is 37.1 Å². The predicted octanol–water partition coefficient (Wildman–Crippen LogP) is 3.05. The van der Waals surface area contributed by atoms with Crippen molar-refractivity contribution in [2.45, 2.75) is 46.2 Å². The number of aromatic nitrogens is 1. The van der Waals surface area contributed by atoms with Gasteiger partial charge in [0.1, 0.15) is 5.82 Å². The van der Waals surface area contributed by atoms with Crippen molar-refractivity contribution in [1.29, 1.82) is 0 Å². The van der Waals surface area contributed by atoms with Gasteiger partial charge in [0.25, 0.3) is 0 Å². The number of nitrogens with zero attached hydrogens (tertiary/aromatic N) is 2. The van der Waals surface area contributed by atoms with Gasteiger partial charge >= 0.3 is 0 Å². The fourth-order valence-corrected chi connectivity index (χ4v) is 3.53. The maximum Gasteiger partial charge on any atom is 0.237 e. The first-order valence-corrected chi connectivity index (χ1v) is 10.2. The molecule has 29 heavy (non-hydrogen) atoms. The molecule has 3 rings (SSSR count). The van der Waals surface area contributed by atoms with E-state index in [1.165, 1.54) is 5.56 Å². The summed E-state index contributed by atoms with van der Waals surface area (Å²) in [4.78, 5) is 31.4. The molecular formula is C23H30N4O2. The number of amides is 2. The Hall–Kier alpha value is -2.73. The Bertz CT molecular complexity index is 825. The lowest BCUT2D eigenvalue weighted by Gasteiger charge is -2.34. The molecule has 2 N–H and O–H groups in total. The molecule has 2 amide bonds. The Kier molecular flexibility index (Phi) is 6.99. The van der Waals surface area contributed by atoms with Crippen molar-refractivity contribution in [3.63, 3.8) is 0 Å². The smallest absolute Gasteiger partial charge is 0.237 e. The Morgan fingerprint density at radius 3 is 2.34 bits per heavy atom. The first-order chi connectivity index (χ1) is 13.9. The lowest BCUT2D eigenvalue weighted by Crippen LogP contribution is -2.49. The van der Waals surface area contributed by atoms with Gasteiger partial charge in [0.2, 0.25) is 11.8 Å². The van der Waals surface area contributed by atoms with Gasteiger partial charge in [-0.15, -0.1) is 0 Å². The molecule has 1 saturated heterocycles. The minimum Gasteiger partial charge on any atom is -0.351 e. The monoisotopic (exact) mass is 394 g/mol. The highest BCUT2D eigenvalue weighted by Gasteiger charge is 2.29. The lowest BCUT2D eigenvalue weighted by atomic mass is 9.95. The molecule has 1 aromatic carbocycles. The summed E-state index contributed by atoms with van der Waals surface area (Å²) in [6.45, 7) is 7.95. The van der Waals surface area contributed by atoms with Crippen LogP contribution in [0.1, 0.15) is 36.5 Å². The highest BCUT2D eigenvalue weighted by Crippen LogP contribution is 2.21. The molecule has 6 nitrogen and oxygen atoms in total. The highest BCUT2D eigenvalue weighted by atomic mass is 16.2. The molecule has 1 aromatic heterocycles. The summed E-state index contributed by atoms with van der Waals surface area (Å²) in [5.41, 5.74) is 3.36. The van der Waals surface area contributed by atoms with Crippen LogP contribution in [0.5, 0.6) is 0 Å². The Balaban J connectivity index is 1.43. The van der Waals surface area contributed by atoms with Crippen LogP contribution in [0.25, 0.3) is 0 Å². The molecule has 0 saturated carbocycles. The van der Waals surface area contributed by atoms with E-state index in [4.69, 9.17) is 0 Å². The normalized spacial score (nSPS) is 16.2. The van der Waals surface area contributed by atoms with Crippen molar-refractivity contribution in [1.82, 2.24) is 15.2 Å². The number of nitrogens with one attached hydrogen (secondary N) is 2. The summed E-state index contributed by atoms with van der Waals surface area (Å²) in [7, 11) is 0. The maximum atomic E-state index is 12.5. The average Bonchev–Trinajstić information content (AvgIpc) is 2.74. The highest BCUT2D eigenvalue weighted by molar-refractivity contribution is 5.91. The topological polar surface area (TPSA) is 74.3 Å². The van der Waals surface area contributed by atoms with Gasteiger partial charge in [-0.25, -0.2) is 4.98 Å². The molecule has 0 aliphatic carbocycles. The molecule has 1 aliphatic heterocycles. The van der Waals surface area contributed by atoms with Gasteiger partial charge in [0.05, 0.1) is 6.04 Å². The number of carbonyl (C=O) groups excluding carboxylic acids is 2. The number of carbonyl (C=O) groups is 2. The van der Waals surface area contributed by atoms with Crippen LogP contribution in [-0.4, -0.2) is 40.8 Å². The van der Waals surface area contributed by atoms with Gasteiger partial charge in [0.15, 0.2) is 0 Å². The summed E-state index contributed by atoms with van der Waals surface area (Å²) in [6, 6.07) is 11.7. The van der Waals surface area contributed by atoms with Crippen LogP contribution in [0.4, 0.5) is 5.82 Å². The van der Waals surface area contributed by atoms with E-state index in [0.29, 0.717) is 12.4 Å². The number of aryl methyl sites for hydroxylation is 2. The second-order valence-electron chi connectivity index (χ2n) is 7.90.